The van der Waals surface area contributed by atoms with Gasteiger partial charge < -0.3 is 9.88 Å². The van der Waals surface area contributed by atoms with Crippen LogP contribution < -0.4 is 5.32 Å². The second kappa shape index (κ2) is 6.53. The number of benzene rings is 1. The lowest BCUT2D eigenvalue weighted by molar-refractivity contribution is 0.569. The summed E-state index contributed by atoms with van der Waals surface area (Å²) in [5.74, 6) is 0. The van der Waals surface area contributed by atoms with Crippen molar-refractivity contribution in [3.05, 3.63) is 53.6 Å². The third kappa shape index (κ3) is 3.24. The average Bonchev–Trinajstić information content (AvgIpc) is 2.86. The summed E-state index contributed by atoms with van der Waals surface area (Å²) in [6, 6.07) is 9.04. The van der Waals surface area contributed by atoms with Crippen LogP contribution in [0.2, 0.25) is 0 Å². The summed E-state index contributed by atoms with van der Waals surface area (Å²) >= 11 is 0. The number of aromatic nitrogens is 2. The minimum Gasteiger partial charge on any atom is -0.336 e. The Labute approximate surface area is 115 Å². The topological polar surface area (TPSA) is 29.9 Å². The highest BCUT2D eigenvalue weighted by atomic mass is 15.1. The Bertz CT molecular complexity index is 516. The Kier molecular flexibility index (Phi) is 4.74. The second-order valence-corrected chi connectivity index (χ2v) is 4.92. The molecule has 3 nitrogen and oxygen atoms in total. The second-order valence-electron chi connectivity index (χ2n) is 4.92. The number of rotatable bonds is 6. The SMILES string of the molecule is CCCNC(c1cccc(CC)c1)c1cncn1C. The van der Waals surface area contributed by atoms with Crippen molar-refractivity contribution < 1.29 is 0 Å². The molecule has 3 heteroatoms. The molecule has 0 aliphatic rings. The van der Waals surface area contributed by atoms with E-state index >= 15 is 0 Å². The highest BCUT2D eigenvalue weighted by Crippen LogP contribution is 2.22. The van der Waals surface area contributed by atoms with Crippen LogP contribution in [0, 0.1) is 0 Å². The Morgan fingerprint density at radius 2 is 2.16 bits per heavy atom. The molecule has 0 saturated carbocycles. The first-order valence-corrected chi connectivity index (χ1v) is 7.04. The summed E-state index contributed by atoms with van der Waals surface area (Å²) in [6.07, 6.45) is 6.01. The molecule has 1 aromatic carbocycles. The molecule has 1 aromatic heterocycles. The molecule has 1 N–H and O–H groups in total. The van der Waals surface area contributed by atoms with Gasteiger partial charge in [0.2, 0.25) is 0 Å². The molecule has 0 saturated heterocycles. The highest BCUT2D eigenvalue weighted by Gasteiger charge is 2.16. The maximum absolute atomic E-state index is 4.24. The summed E-state index contributed by atoms with van der Waals surface area (Å²) in [7, 11) is 2.05. The normalized spacial score (nSPS) is 12.6. The van der Waals surface area contributed by atoms with Crippen molar-refractivity contribution in [2.24, 2.45) is 7.05 Å². The molecule has 0 aliphatic heterocycles. The molecule has 0 aliphatic carbocycles. The van der Waals surface area contributed by atoms with Gasteiger partial charge in [0.1, 0.15) is 0 Å². The van der Waals surface area contributed by atoms with Crippen LogP contribution in [0.3, 0.4) is 0 Å². The summed E-state index contributed by atoms with van der Waals surface area (Å²) < 4.78 is 2.09. The van der Waals surface area contributed by atoms with Crippen LogP contribution in [0.4, 0.5) is 0 Å². The van der Waals surface area contributed by atoms with E-state index < -0.39 is 0 Å². The smallest absolute Gasteiger partial charge is 0.0946 e. The van der Waals surface area contributed by atoms with Gasteiger partial charge in [-0.15, -0.1) is 0 Å². The molecule has 102 valence electrons. The lowest BCUT2D eigenvalue weighted by Crippen LogP contribution is -2.25. The predicted octanol–water partition coefficient (Wildman–Crippen LogP) is 3.07. The number of hydrogen-bond acceptors (Lipinski definition) is 2. The van der Waals surface area contributed by atoms with E-state index in [1.165, 1.54) is 16.8 Å². The van der Waals surface area contributed by atoms with Crippen LogP contribution in [0.15, 0.2) is 36.8 Å². The molecule has 1 unspecified atom stereocenters. The van der Waals surface area contributed by atoms with E-state index in [0.717, 1.165) is 19.4 Å². The zero-order valence-corrected chi connectivity index (χ0v) is 12.1. The minimum absolute atomic E-state index is 0.221. The largest absolute Gasteiger partial charge is 0.336 e. The van der Waals surface area contributed by atoms with Gasteiger partial charge in [0.25, 0.3) is 0 Å². The maximum Gasteiger partial charge on any atom is 0.0946 e. The molecular weight excluding hydrogens is 234 g/mol. The number of imidazole rings is 1. The summed E-state index contributed by atoms with van der Waals surface area (Å²) in [6.45, 7) is 5.39. The number of nitrogens with one attached hydrogen (secondary N) is 1. The zero-order valence-electron chi connectivity index (χ0n) is 12.1. The fourth-order valence-electron chi connectivity index (χ4n) is 2.32. The van der Waals surface area contributed by atoms with Gasteiger partial charge in [0.05, 0.1) is 24.3 Å². The Balaban J connectivity index is 2.34. The molecule has 19 heavy (non-hydrogen) atoms. The first kappa shape index (κ1) is 13.8. The van der Waals surface area contributed by atoms with Crippen molar-refractivity contribution in [2.45, 2.75) is 32.7 Å². The standard InChI is InChI=1S/C16H23N3/c1-4-9-18-16(15-11-17-12-19(15)3)14-8-6-7-13(5-2)10-14/h6-8,10-12,16,18H,4-5,9H2,1-3H3. The fourth-order valence-corrected chi connectivity index (χ4v) is 2.32. The van der Waals surface area contributed by atoms with E-state index in [9.17, 15) is 0 Å². The fraction of sp³-hybridized carbons (Fsp3) is 0.438. The number of nitrogens with zero attached hydrogens (tertiary/aromatic N) is 2. The lowest BCUT2D eigenvalue weighted by atomic mass is 10.0. The first-order valence-electron chi connectivity index (χ1n) is 7.04. The van der Waals surface area contributed by atoms with Crippen LogP contribution in [-0.4, -0.2) is 16.1 Å². The van der Waals surface area contributed by atoms with Crippen molar-refractivity contribution in [1.82, 2.24) is 14.9 Å². The quantitative estimate of drug-likeness (QED) is 0.862. The Morgan fingerprint density at radius 3 is 2.79 bits per heavy atom. The lowest BCUT2D eigenvalue weighted by Gasteiger charge is -2.20. The summed E-state index contributed by atoms with van der Waals surface area (Å²) in [5.41, 5.74) is 3.90. The van der Waals surface area contributed by atoms with Crippen LogP contribution >= 0.6 is 0 Å². The van der Waals surface area contributed by atoms with Gasteiger partial charge in [0.15, 0.2) is 0 Å². The van der Waals surface area contributed by atoms with E-state index in [-0.39, 0.29) is 6.04 Å². The highest BCUT2D eigenvalue weighted by molar-refractivity contribution is 5.31. The molecule has 0 spiro atoms. The van der Waals surface area contributed by atoms with Gasteiger partial charge in [0, 0.05) is 7.05 Å². The molecule has 0 bridgehead atoms. The minimum atomic E-state index is 0.221. The molecule has 0 amide bonds. The van der Waals surface area contributed by atoms with Gasteiger partial charge >= 0.3 is 0 Å². The molecular formula is C16H23N3. The Hall–Kier alpha value is -1.61. The zero-order chi connectivity index (χ0) is 13.7. The van der Waals surface area contributed by atoms with Crippen LogP contribution in [0.1, 0.15) is 43.1 Å². The molecule has 1 heterocycles. The summed E-state index contributed by atoms with van der Waals surface area (Å²) in [5, 5.41) is 3.62. The van der Waals surface area contributed by atoms with E-state index in [2.05, 4.69) is 53.0 Å². The van der Waals surface area contributed by atoms with Crippen LogP contribution in [0.5, 0.6) is 0 Å². The van der Waals surface area contributed by atoms with E-state index in [1.807, 2.05) is 19.6 Å². The molecule has 0 radical (unpaired) electrons. The van der Waals surface area contributed by atoms with Gasteiger partial charge in [-0.2, -0.15) is 0 Å². The molecule has 0 fully saturated rings. The van der Waals surface area contributed by atoms with Crippen LogP contribution in [0.25, 0.3) is 0 Å². The van der Waals surface area contributed by atoms with Gasteiger partial charge in [-0.1, -0.05) is 38.1 Å². The molecule has 1 atom stereocenters. The van der Waals surface area contributed by atoms with E-state index in [4.69, 9.17) is 0 Å². The molecule has 2 rings (SSSR count). The average molecular weight is 257 g/mol. The third-order valence-corrected chi connectivity index (χ3v) is 3.44. The van der Waals surface area contributed by atoms with Crippen molar-refractivity contribution >= 4 is 0 Å². The van der Waals surface area contributed by atoms with Gasteiger partial charge in [-0.25, -0.2) is 4.98 Å². The number of aryl methyl sites for hydroxylation is 2. The van der Waals surface area contributed by atoms with Crippen LogP contribution in [-0.2, 0) is 13.5 Å². The monoisotopic (exact) mass is 257 g/mol. The Morgan fingerprint density at radius 1 is 1.32 bits per heavy atom. The van der Waals surface area contributed by atoms with Crippen molar-refractivity contribution in [3.8, 4) is 0 Å². The van der Waals surface area contributed by atoms with E-state index in [1.54, 1.807) is 0 Å². The number of hydrogen-bond donors (Lipinski definition) is 1. The summed E-state index contributed by atoms with van der Waals surface area (Å²) in [4.78, 5) is 4.24. The van der Waals surface area contributed by atoms with Crippen molar-refractivity contribution in [2.75, 3.05) is 6.54 Å². The first-order chi connectivity index (χ1) is 9.26. The van der Waals surface area contributed by atoms with Gasteiger partial charge in [-0.05, 0) is 30.5 Å². The van der Waals surface area contributed by atoms with Crippen molar-refractivity contribution in [1.29, 1.82) is 0 Å². The van der Waals surface area contributed by atoms with Gasteiger partial charge in [-0.3, -0.25) is 0 Å². The maximum atomic E-state index is 4.24. The molecule has 2 aromatic rings. The third-order valence-electron chi connectivity index (χ3n) is 3.44. The van der Waals surface area contributed by atoms with E-state index in [0.29, 0.717) is 0 Å². The predicted molar refractivity (Wildman–Crippen MR) is 79.2 cm³/mol. The van der Waals surface area contributed by atoms with Crippen molar-refractivity contribution in [3.63, 3.8) is 0 Å².